The highest BCUT2D eigenvalue weighted by molar-refractivity contribution is 6.32. The van der Waals surface area contributed by atoms with E-state index in [9.17, 15) is 4.79 Å². The van der Waals surface area contributed by atoms with E-state index in [0.29, 0.717) is 16.1 Å². The molecule has 0 saturated carbocycles. The second-order valence-electron chi connectivity index (χ2n) is 3.34. The van der Waals surface area contributed by atoms with Gasteiger partial charge in [0.05, 0.1) is 0 Å². The maximum absolute atomic E-state index is 12.0. The minimum Gasteiger partial charge on any atom is -0.367 e. The topological polar surface area (TPSA) is 32.9 Å². The lowest BCUT2D eigenvalue weighted by molar-refractivity contribution is 0.103. The quantitative estimate of drug-likeness (QED) is 0.773. The molecule has 0 amide bonds. The molecule has 2 rings (SSSR count). The van der Waals surface area contributed by atoms with Gasteiger partial charge in [-0.05, 0) is 24.6 Å². The SMILES string of the molecule is Cc1c(Cl)cccc1C(=O)c1cc[nH]c1. The summed E-state index contributed by atoms with van der Waals surface area (Å²) >= 11 is 5.96. The lowest BCUT2D eigenvalue weighted by Gasteiger charge is -2.04. The summed E-state index contributed by atoms with van der Waals surface area (Å²) < 4.78 is 0. The molecule has 0 aliphatic carbocycles. The van der Waals surface area contributed by atoms with Crippen molar-refractivity contribution in [2.24, 2.45) is 0 Å². The van der Waals surface area contributed by atoms with E-state index in [1.165, 1.54) is 0 Å². The van der Waals surface area contributed by atoms with Crippen LogP contribution in [0.25, 0.3) is 0 Å². The van der Waals surface area contributed by atoms with Gasteiger partial charge in [0, 0.05) is 28.5 Å². The van der Waals surface area contributed by atoms with Crippen molar-refractivity contribution in [1.29, 1.82) is 0 Å². The number of aromatic nitrogens is 1. The second kappa shape index (κ2) is 3.91. The first kappa shape index (κ1) is 9.99. The van der Waals surface area contributed by atoms with Crippen LogP contribution in [0, 0.1) is 6.92 Å². The Labute approximate surface area is 92.9 Å². The maximum atomic E-state index is 12.0. The van der Waals surface area contributed by atoms with Crippen molar-refractivity contribution in [3.8, 4) is 0 Å². The summed E-state index contributed by atoms with van der Waals surface area (Å²) in [4.78, 5) is 14.9. The summed E-state index contributed by atoms with van der Waals surface area (Å²) in [5.41, 5.74) is 2.13. The number of carbonyl (C=O) groups is 1. The zero-order chi connectivity index (χ0) is 10.8. The maximum Gasteiger partial charge on any atom is 0.194 e. The molecule has 1 aromatic carbocycles. The molecule has 1 heterocycles. The highest BCUT2D eigenvalue weighted by Gasteiger charge is 2.12. The Morgan fingerprint density at radius 1 is 1.33 bits per heavy atom. The molecule has 0 atom stereocenters. The van der Waals surface area contributed by atoms with Gasteiger partial charge >= 0.3 is 0 Å². The van der Waals surface area contributed by atoms with E-state index in [2.05, 4.69) is 4.98 Å². The van der Waals surface area contributed by atoms with Gasteiger partial charge in [-0.15, -0.1) is 0 Å². The van der Waals surface area contributed by atoms with Crippen LogP contribution in [0.1, 0.15) is 21.5 Å². The second-order valence-corrected chi connectivity index (χ2v) is 3.75. The molecular weight excluding hydrogens is 210 g/mol. The van der Waals surface area contributed by atoms with Gasteiger partial charge in [-0.3, -0.25) is 4.79 Å². The number of aromatic amines is 1. The van der Waals surface area contributed by atoms with E-state index in [1.54, 1.807) is 36.7 Å². The number of halogens is 1. The third-order valence-corrected chi connectivity index (χ3v) is 2.78. The summed E-state index contributed by atoms with van der Waals surface area (Å²) in [6.07, 6.45) is 3.41. The molecule has 76 valence electrons. The molecule has 0 unspecified atom stereocenters. The number of ketones is 1. The van der Waals surface area contributed by atoms with Crippen LogP contribution in [0.4, 0.5) is 0 Å². The molecule has 0 saturated heterocycles. The Balaban J connectivity index is 2.47. The molecule has 3 heteroatoms. The Bertz CT molecular complexity index is 488. The van der Waals surface area contributed by atoms with Crippen LogP contribution in [0.3, 0.4) is 0 Å². The van der Waals surface area contributed by atoms with Crippen molar-refractivity contribution < 1.29 is 4.79 Å². The normalized spacial score (nSPS) is 10.3. The van der Waals surface area contributed by atoms with Crippen LogP contribution < -0.4 is 0 Å². The lowest BCUT2D eigenvalue weighted by Crippen LogP contribution is -2.02. The van der Waals surface area contributed by atoms with Gasteiger partial charge in [0.25, 0.3) is 0 Å². The van der Waals surface area contributed by atoms with Gasteiger partial charge in [-0.2, -0.15) is 0 Å². The monoisotopic (exact) mass is 219 g/mol. The molecule has 15 heavy (non-hydrogen) atoms. The highest BCUT2D eigenvalue weighted by atomic mass is 35.5. The fourth-order valence-electron chi connectivity index (χ4n) is 1.47. The number of benzene rings is 1. The molecule has 2 nitrogen and oxygen atoms in total. The predicted molar refractivity (Wildman–Crippen MR) is 60.4 cm³/mol. The molecule has 0 aliphatic rings. The van der Waals surface area contributed by atoms with E-state index in [1.807, 2.05) is 6.92 Å². The van der Waals surface area contributed by atoms with Crippen LogP contribution in [0.2, 0.25) is 5.02 Å². The van der Waals surface area contributed by atoms with Gasteiger partial charge in [0.2, 0.25) is 0 Å². The minimum absolute atomic E-state index is 0.00347. The zero-order valence-corrected chi connectivity index (χ0v) is 9.01. The summed E-state index contributed by atoms with van der Waals surface area (Å²) in [7, 11) is 0. The summed E-state index contributed by atoms with van der Waals surface area (Å²) in [6.45, 7) is 1.85. The van der Waals surface area contributed by atoms with E-state index < -0.39 is 0 Å². The van der Waals surface area contributed by atoms with Crippen molar-refractivity contribution in [3.63, 3.8) is 0 Å². The molecule has 1 N–H and O–H groups in total. The van der Waals surface area contributed by atoms with Crippen molar-refractivity contribution in [2.75, 3.05) is 0 Å². The summed E-state index contributed by atoms with van der Waals surface area (Å²) in [5, 5.41) is 0.622. The third kappa shape index (κ3) is 1.81. The van der Waals surface area contributed by atoms with Crippen LogP contribution in [-0.2, 0) is 0 Å². The standard InChI is InChI=1S/C12H10ClNO/c1-8-10(3-2-4-11(8)13)12(15)9-5-6-14-7-9/h2-7,14H,1H3. The predicted octanol–water partition coefficient (Wildman–Crippen LogP) is 3.21. The first-order valence-corrected chi connectivity index (χ1v) is 5.00. The van der Waals surface area contributed by atoms with Crippen LogP contribution >= 0.6 is 11.6 Å². The Morgan fingerprint density at radius 2 is 2.13 bits per heavy atom. The van der Waals surface area contributed by atoms with Crippen molar-refractivity contribution >= 4 is 17.4 Å². The van der Waals surface area contributed by atoms with E-state index in [4.69, 9.17) is 11.6 Å². The summed E-state index contributed by atoms with van der Waals surface area (Å²) in [6, 6.07) is 7.11. The number of nitrogens with one attached hydrogen (secondary N) is 1. The molecule has 0 spiro atoms. The summed E-state index contributed by atoms with van der Waals surface area (Å²) in [5.74, 6) is -0.00347. The van der Waals surface area contributed by atoms with E-state index >= 15 is 0 Å². The zero-order valence-electron chi connectivity index (χ0n) is 8.25. The Kier molecular flexibility index (Phi) is 2.60. The molecule has 0 fully saturated rings. The Morgan fingerprint density at radius 3 is 2.80 bits per heavy atom. The molecule has 0 radical (unpaired) electrons. The average molecular weight is 220 g/mol. The molecule has 0 aliphatic heterocycles. The highest BCUT2D eigenvalue weighted by Crippen LogP contribution is 2.21. The Hall–Kier alpha value is -1.54. The minimum atomic E-state index is -0.00347. The number of H-pyrrole nitrogens is 1. The number of carbonyl (C=O) groups excluding carboxylic acids is 1. The van der Waals surface area contributed by atoms with Gasteiger partial charge < -0.3 is 4.98 Å². The fourth-order valence-corrected chi connectivity index (χ4v) is 1.65. The van der Waals surface area contributed by atoms with Crippen LogP contribution in [-0.4, -0.2) is 10.8 Å². The average Bonchev–Trinajstić information content (AvgIpc) is 2.74. The number of rotatable bonds is 2. The van der Waals surface area contributed by atoms with Gasteiger partial charge in [-0.25, -0.2) is 0 Å². The smallest absolute Gasteiger partial charge is 0.194 e. The number of hydrogen-bond acceptors (Lipinski definition) is 1. The van der Waals surface area contributed by atoms with Crippen molar-refractivity contribution in [1.82, 2.24) is 4.98 Å². The first-order valence-electron chi connectivity index (χ1n) is 4.63. The van der Waals surface area contributed by atoms with Crippen LogP contribution in [0.15, 0.2) is 36.7 Å². The van der Waals surface area contributed by atoms with E-state index in [0.717, 1.165) is 5.56 Å². The lowest BCUT2D eigenvalue weighted by atomic mass is 10.0. The van der Waals surface area contributed by atoms with Gasteiger partial charge in [0.15, 0.2) is 5.78 Å². The third-order valence-electron chi connectivity index (χ3n) is 2.37. The molecule has 1 aromatic heterocycles. The molecular formula is C12H10ClNO. The first-order chi connectivity index (χ1) is 7.20. The molecule has 2 aromatic rings. The van der Waals surface area contributed by atoms with Crippen LogP contribution in [0.5, 0.6) is 0 Å². The fraction of sp³-hybridized carbons (Fsp3) is 0.0833. The van der Waals surface area contributed by atoms with Gasteiger partial charge in [-0.1, -0.05) is 23.7 Å². The largest absolute Gasteiger partial charge is 0.367 e. The van der Waals surface area contributed by atoms with Gasteiger partial charge in [0.1, 0.15) is 0 Å². The number of hydrogen-bond donors (Lipinski definition) is 1. The van der Waals surface area contributed by atoms with Crippen molar-refractivity contribution in [3.05, 3.63) is 58.4 Å². The molecule has 0 bridgehead atoms. The van der Waals surface area contributed by atoms with Crippen molar-refractivity contribution in [2.45, 2.75) is 6.92 Å². The van der Waals surface area contributed by atoms with E-state index in [-0.39, 0.29) is 5.78 Å².